The first-order valence-electron chi connectivity index (χ1n) is 7.08. The molecule has 4 aromatic rings. The Morgan fingerprint density at radius 3 is 2.87 bits per heavy atom. The molecule has 0 aliphatic heterocycles. The maximum atomic E-state index is 12.5. The Morgan fingerprint density at radius 2 is 1.96 bits per heavy atom. The summed E-state index contributed by atoms with van der Waals surface area (Å²) < 4.78 is 0. The highest BCUT2D eigenvalue weighted by Crippen LogP contribution is 2.20. The fraction of sp³-hybridized carbons (Fsp3) is 0. The normalized spacial score (nSPS) is 11.0. The number of pyridine rings is 1. The molecule has 0 fully saturated rings. The second-order valence-corrected chi connectivity index (χ2v) is 5.16. The number of fused-ring (bicyclic) bond motifs is 2. The van der Waals surface area contributed by atoms with Crippen molar-refractivity contribution in [3.8, 4) is 0 Å². The summed E-state index contributed by atoms with van der Waals surface area (Å²) in [6.45, 7) is 0. The van der Waals surface area contributed by atoms with Gasteiger partial charge in [-0.25, -0.2) is 4.98 Å². The topological polar surface area (TPSA) is 90.6 Å². The third-order valence-corrected chi connectivity index (χ3v) is 3.70. The van der Waals surface area contributed by atoms with Crippen LogP contribution in [0.3, 0.4) is 0 Å². The number of hydrogen-bond donors (Lipinski definition) is 3. The minimum Gasteiger partial charge on any atom is -0.345 e. The van der Waals surface area contributed by atoms with Gasteiger partial charge in [-0.1, -0.05) is 24.3 Å². The predicted octanol–water partition coefficient (Wildman–Crippen LogP) is 2.66. The third-order valence-electron chi connectivity index (χ3n) is 3.70. The van der Waals surface area contributed by atoms with Gasteiger partial charge in [-0.3, -0.25) is 9.59 Å². The number of aromatic amines is 2. The molecule has 0 unspecified atom stereocenters. The van der Waals surface area contributed by atoms with E-state index in [0.29, 0.717) is 16.6 Å². The van der Waals surface area contributed by atoms with Crippen LogP contribution >= 0.6 is 0 Å². The fourth-order valence-electron chi connectivity index (χ4n) is 2.59. The zero-order valence-corrected chi connectivity index (χ0v) is 12.0. The molecule has 2 aromatic heterocycles. The molecule has 2 aromatic carbocycles. The minimum absolute atomic E-state index is 0.209. The average molecular weight is 304 g/mol. The van der Waals surface area contributed by atoms with Gasteiger partial charge in [-0.2, -0.15) is 0 Å². The van der Waals surface area contributed by atoms with E-state index in [0.717, 1.165) is 10.9 Å². The highest BCUT2D eigenvalue weighted by atomic mass is 16.2. The van der Waals surface area contributed by atoms with E-state index < -0.39 is 0 Å². The third kappa shape index (κ3) is 2.26. The number of nitrogens with one attached hydrogen (secondary N) is 3. The van der Waals surface area contributed by atoms with Gasteiger partial charge < -0.3 is 15.3 Å². The van der Waals surface area contributed by atoms with Gasteiger partial charge in [0.1, 0.15) is 11.2 Å². The highest BCUT2D eigenvalue weighted by Gasteiger charge is 2.12. The van der Waals surface area contributed by atoms with Crippen LogP contribution < -0.4 is 10.9 Å². The number of hydrogen-bond acceptors (Lipinski definition) is 3. The van der Waals surface area contributed by atoms with Crippen molar-refractivity contribution in [1.82, 2.24) is 15.0 Å². The molecule has 0 spiro atoms. The van der Waals surface area contributed by atoms with Gasteiger partial charge in [-0.15, -0.1) is 0 Å². The lowest BCUT2D eigenvalue weighted by molar-refractivity contribution is 0.102. The van der Waals surface area contributed by atoms with Crippen LogP contribution in [0.1, 0.15) is 10.5 Å². The van der Waals surface area contributed by atoms with Crippen molar-refractivity contribution in [2.24, 2.45) is 0 Å². The van der Waals surface area contributed by atoms with Crippen molar-refractivity contribution in [2.75, 3.05) is 5.32 Å². The molecule has 0 atom stereocenters. The van der Waals surface area contributed by atoms with E-state index in [9.17, 15) is 9.59 Å². The number of aromatic nitrogens is 3. The Labute approximate surface area is 130 Å². The molecule has 1 amide bonds. The Morgan fingerprint density at radius 1 is 1.09 bits per heavy atom. The molecule has 23 heavy (non-hydrogen) atoms. The Balaban J connectivity index is 1.75. The minimum atomic E-state index is -0.386. The number of benzene rings is 2. The standard InChI is InChI=1S/C17H12N4O2/c22-16-11-5-2-1-4-10(11)8-14(21-16)17(23)20-13-7-3-6-12-15(13)19-9-18-12/h1-9H,(H,18,19)(H,20,23)(H,21,22). The number of carbonyl (C=O) groups excluding carboxylic acids is 1. The molecule has 6 heteroatoms. The van der Waals surface area contributed by atoms with Crippen molar-refractivity contribution in [3.05, 3.63) is 70.9 Å². The van der Waals surface area contributed by atoms with Crippen molar-refractivity contribution >= 4 is 33.4 Å². The van der Waals surface area contributed by atoms with Gasteiger partial charge >= 0.3 is 0 Å². The van der Waals surface area contributed by atoms with Gasteiger partial charge in [0.2, 0.25) is 0 Å². The zero-order chi connectivity index (χ0) is 15.8. The van der Waals surface area contributed by atoms with E-state index in [1.165, 1.54) is 0 Å². The number of anilines is 1. The summed E-state index contributed by atoms with van der Waals surface area (Å²) in [5.41, 5.74) is 2.01. The zero-order valence-electron chi connectivity index (χ0n) is 12.0. The molecular weight excluding hydrogens is 292 g/mol. The second-order valence-electron chi connectivity index (χ2n) is 5.16. The number of H-pyrrole nitrogens is 2. The molecule has 0 radical (unpaired) electrons. The first kappa shape index (κ1) is 13.3. The summed E-state index contributed by atoms with van der Waals surface area (Å²) in [4.78, 5) is 34.3. The summed E-state index contributed by atoms with van der Waals surface area (Å²) in [6.07, 6.45) is 1.57. The number of nitrogens with zero attached hydrogens (tertiary/aromatic N) is 1. The van der Waals surface area contributed by atoms with Crippen LogP contribution in [0.25, 0.3) is 21.8 Å². The fourth-order valence-corrected chi connectivity index (χ4v) is 2.59. The maximum Gasteiger partial charge on any atom is 0.272 e. The number of carbonyl (C=O) groups is 1. The van der Waals surface area contributed by atoms with Crippen LogP contribution in [0.2, 0.25) is 0 Å². The van der Waals surface area contributed by atoms with E-state index in [2.05, 4.69) is 20.3 Å². The van der Waals surface area contributed by atoms with Crippen LogP contribution in [0.4, 0.5) is 5.69 Å². The monoisotopic (exact) mass is 304 g/mol. The van der Waals surface area contributed by atoms with Gasteiger partial charge in [-0.05, 0) is 29.7 Å². The van der Waals surface area contributed by atoms with E-state index in [1.54, 1.807) is 36.7 Å². The van der Waals surface area contributed by atoms with Gasteiger partial charge in [0.25, 0.3) is 11.5 Å². The Bertz CT molecular complexity index is 1090. The van der Waals surface area contributed by atoms with Crippen LogP contribution in [-0.2, 0) is 0 Å². The summed E-state index contributed by atoms with van der Waals surface area (Å²) in [5.74, 6) is -0.386. The number of para-hydroxylation sites is 1. The molecular formula is C17H12N4O2. The lowest BCUT2D eigenvalue weighted by atomic mass is 10.1. The van der Waals surface area contributed by atoms with Crippen molar-refractivity contribution in [2.45, 2.75) is 0 Å². The molecule has 3 N–H and O–H groups in total. The van der Waals surface area contributed by atoms with Crippen LogP contribution in [-0.4, -0.2) is 20.9 Å². The molecule has 0 bridgehead atoms. The number of imidazole rings is 1. The second kappa shape index (κ2) is 5.10. The largest absolute Gasteiger partial charge is 0.345 e. The lowest BCUT2D eigenvalue weighted by Crippen LogP contribution is -2.19. The van der Waals surface area contributed by atoms with Gasteiger partial charge in [0.15, 0.2) is 0 Å². The quantitative estimate of drug-likeness (QED) is 0.531. The summed E-state index contributed by atoms with van der Waals surface area (Å²) >= 11 is 0. The maximum absolute atomic E-state index is 12.5. The highest BCUT2D eigenvalue weighted by molar-refractivity contribution is 6.08. The number of amides is 1. The summed E-state index contributed by atoms with van der Waals surface area (Å²) in [7, 11) is 0. The van der Waals surface area contributed by atoms with E-state index >= 15 is 0 Å². The molecule has 2 heterocycles. The van der Waals surface area contributed by atoms with Crippen molar-refractivity contribution < 1.29 is 4.79 Å². The lowest BCUT2D eigenvalue weighted by Gasteiger charge is -2.07. The van der Waals surface area contributed by atoms with Crippen LogP contribution in [0.5, 0.6) is 0 Å². The smallest absolute Gasteiger partial charge is 0.272 e. The first-order valence-corrected chi connectivity index (χ1v) is 7.08. The molecule has 0 aliphatic carbocycles. The van der Waals surface area contributed by atoms with E-state index in [-0.39, 0.29) is 17.2 Å². The van der Waals surface area contributed by atoms with Gasteiger partial charge in [0.05, 0.1) is 17.5 Å². The van der Waals surface area contributed by atoms with E-state index in [4.69, 9.17) is 0 Å². The van der Waals surface area contributed by atoms with E-state index in [1.807, 2.05) is 18.2 Å². The van der Waals surface area contributed by atoms with Crippen LogP contribution in [0.15, 0.2) is 59.7 Å². The summed E-state index contributed by atoms with van der Waals surface area (Å²) in [5, 5.41) is 4.06. The SMILES string of the molecule is O=C(Nc1cccc2[nH]cnc12)c1cc2ccccc2c(=O)[nH]1. The molecule has 112 valence electrons. The molecule has 6 nitrogen and oxygen atoms in total. The average Bonchev–Trinajstić information content (AvgIpc) is 3.04. The molecule has 0 aliphatic rings. The van der Waals surface area contributed by atoms with Crippen molar-refractivity contribution in [3.63, 3.8) is 0 Å². The summed E-state index contributed by atoms with van der Waals surface area (Å²) in [6, 6.07) is 14.3. The molecule has 4 rings (SSSR count). The predicted molar refractivity (Wildman–Crippen MR) is 88.6 cm³/mol. The van der Waals surface area contributed by atoms with Crippen molar-refractivity contribution in [1.29, 1.82) is 0 Å². The van der Waals surface area contributed by atoms with Gasteiger partial charge in [0, 0.05) is 5.39 Å². The molecule has 0 saturated heterocycles. The molecule has 0 saturated carbocycles. The van der Waals surface area contributed by atoms with Crippen LogP contribution in [0, 0.1) is 0 Å². The first-order chi connectivity index (χ1) is 11.2. The Hall–Kier alpha value is -3.41. The number of rotatable bonds is 2. The Kier molecular flexibility index (Phi) is 2.94.